The molecule has 0 spiro atoms. The number of hydrogen-bond acceptors (Lipinski definition) is 5. The normalized spacial score (nSPS) is 12.0. The standard InChI is InChI=1S/C20H30N4S/c1-15(2)11-24(12-16(3)4)13-19-9-7-6-8-18(19)10-21-23-20-22-17(5)14-25-20/h6-10,14-16H,11-13H2,1-5H3,(H,22,23). The lowest BCUT2D eigenvalue weighted by atomic mass is 10.1. The Morgan fingerprint density at radius 2 is 1.84 bits per heavy atom. The van der Waals surface area contributed by atoms with Gasteiger partial charge in [-0.05, 0) is 29.9 Å². The van der Waals surface area contributed by atoms with Crippen LogP contribution in [0.1, 0.15) is 44.5 Å². The Morgan fingerprint density at radius 1 is 1.16 bits per heavy atom. The predicted molar refractivity (Wildman–Crippen MR) is 109 cm³/mol. The van der Waals surface area contributed by atoms with E-state index in [1.165, 1.54) is 5.56 Å². The van der Waals surface area contributed by atoms with Crippen molar-refractivity contribution in [2.45, 2.75) is 41.2 Å². The molecule has 0 saturated heterocycles. The van der Waals surface area contributed by atoms with E-state index in [2.05, 4.69) is 72.4 Å². The van der Waals surface area contributed by atoms with E-state index in [4.69, 9.17) is 0 Å². The minimum absolute atomic E-state index is 0.661. The first kappa shape index (κ1) is 19.6. The van der Waals surface area contributed by atoms with E-state index < -0.39 is 0 Å². The summed E-state index contributed by atoms with van der Waals surface area (Å²) >= 11 is 1.57. The average Bonchev–Trinajstić information content (AvgIpc) is 2.93. The summed E-state index contributed by atoms with van der Waals surface area (Å²) in [6.07, 6.45) is 1.90. The number of hydrogen-bond donors (Lipinski definition) is 1. The van der Waals surface area contributed by atoms with Gasteiger partial charge in [0.1, 0.15) is 0 Å². The minimum atomic E-state index is 0.661. The number of rotatable bonds is 9. The Hall–Kier alpha value is -1.72. The van der Waals surface area contributed by atoms with Crippen LogP contribution in [0, 0.1) is 18.8 Å². The van der Waals surface area contributed by atoms with Crippen molar-refractivity contribution in [3.63, 3.8) is 0 Å². The smallest absolute Gasteiger partial charge is 0.203 e. The lowest BCUT2D eigenvalue weighted by Crippen LogP contribution is -2.31. The van der Waals surface area contributed by atoms with Gasteiger partial charge >= 0.3 is 0 Å². The molecule has 0 saturated carbocycles. The van der Waals surface area contributed by atoms with Crippen LogP contribution in [0.5, 0.6) is 0 Å². The van der Waals surface area contributed by atoms with Crippen molar-refractivity contribution in [1.82, 2.24) is 9.88 Å². The molecular weight excluding hydrogens is 328 g/mol. The van der Waals surface area contributed by atoms with Crippen molar-refractivity contribution in [3.8, 4) is 0 Å². The summed E-state index contributed by atoms with van der Waals surface area (Å²) in [5.74, 6) is 1.32. The summed E-state index contributed by atoms with van der Waals surface area (Å²) in [6, 6.07) is 8.49. The Bertz CT molecular complexity index is 666. The van der Waals surface area contributed by atoms with Crippen LogP contribution in [0.2, 0.25) is 0 Å². The number of benzene rings is 1. The molecule has 0 aliphatic rings. The van der Waals surface area contributed by atoms with Gasteiger partial charge in [-0.3, -0.25) is 10.3 Å². The van der Waals surface area contributed by atoms with Gasteiger partial charge in [-0.1, -0.05) is 52.0 Å². The fraction of sp³-hybridized carbons (Fsp3) is 0.500. The summed E-state index contributed by atoms with van der Waals surface area (Å²) < 4.78 is 0. The molecule has 0 bridgehead atoms. The number of hydrazone groups is 1. The van der Waals surface area contributed by atoms with Crippen LogP contribution >= 0.6 is 11.3 Å². The van der Waals surface area contributed by atoms with Gasteiger partial charge in [0.25, 0.3) is 0 Å². The summed E-state index contributed by atoms with van der Waals surface area (Å²) in [5.41, 5.74) is 6.50. The van der Waals surface area contributed by atoms with Crippen molar-refractivity contribution >= 4 is 22.7 Å². The number of nitrogens with zero attached hydrogens (tertiary/aromatic N) is 3. The summed E-state index contributed by atoms with van der Waals surface area (Å²) in [6.45, 7) is 14.3. The fourth-order valence-electron chi connectivity index (χ4n) is 2.84. The van der Waals surface area contributed by atoms with Crippen LogP contribution in [-0.4, -0.2) is 29.2 Å². The summed E-state index contributed by atoms with van der Waals surface area (Å²) in [5, 5.41) is 7.21. The lowest BCUT2D eigenvalue weighted by Gasteiger charge is -2.26. The van der Waals surface area contributed by atoms with Gasteiger partial charge in [0.2, 0.25) is 5.13 Å². The molecule has 1 aromatic carbocycles. The van der Waals surface area contributed by atoms with Crippen molar-refractivity contribution < 1.29 is 0 Å². The maximum absolute atomic E-state index is 4.37. The lowest BCUT2D eigenvalue weighted by molar-refractivity contribution is 0.211. The first-order valence-corrected chi connectivity index (χ1v) is 9.83. The molecule has 2 aromatic rings. The third-order valence-electron chi connectivity index (χ3n) is 3.68. The number of thiazole rings is 1. The fourth-order valence-corrected chi connectivity index (χ4v) is 3.48. The first-order chi connectivity index (χ1) is 11.9. The first-order valence-electron chi connectivity index (χ1n) is 8.95. The van der Waals surface area contributed by atoms with Crippen molar-refractivity contribution in [1.29, 1.82) is 0 Å². The quantitative estimate of drug-likeness (QED) is 0.506. The maximum Gasteiger partial charge on any atom is 0.203 e. The third-order valence-corrected chi connectivity index (χ3v) is 4.54. The molecule has 0 unspecified atom stereocenters. The van der Waals surface area contributed by atoms with E-state index in [1.54, 1.807) is 11.3 Å². The Morgan fingerprint density at radius 3 is 2.44 bits per heavy atom. The molecule has 25 heavy (non-hydrogen) atoms. The van der Waals surface area contributed by atoms with Crippen molar-refractivity contribution in [2.24, 2.45) is 16.9 Å². The monoisotopic (exact) mass is 358 g/mol. The largest absolute Gasteiger partial charge is 0.299 e. The van der Waals surface area contributed by atoms with Gasteiger partial charge in [-0.25, -0.2) is 4.98 Å². The maximum atomic E-state index is 4.37. The van der Waals surface area contributed by atoms with Crippen molar-refractivity contribution in [2.75, 3.05) is 18.5 Å². The van der Waals surface area contributed by atoms with Gasteiger partial charge < -0.3 is 0 Å². The topological polar surface area (TPSA) is 40.5 Å². The molecule has 1 N–H and O–H groups in total. The molecule has 1 aromatic heterocycles. The molecule has 4 nitrogen and oxygen atoms in total. The zero-order chi connectivity index (χ0) is 18.2. The highest BCUT2D eigenvalue weighted by atomic mass is 32.1. The van der Waals surface area contributed by atoms with E-state index in [1.807, 2.05) is 18.5 Å². The van der Waals surface area contributed by atoms with E-state index in [-0.39, 0.29) is 0 Å². The second-order valence-electron chi connectivity index (χ2n) is 7.34. The Labute approximate surface area is 156 Å². The van der Waals surface area contributed by atoms with Crippen molar-refractivity contribution in [3.05, 3.63) is 46.5 Å². The third kappa shape index (κ3) is 6.96. The van der Waals surface area contributed by atoms with E-state index in [9.17, 15) is 0 Å². The SMILES string of the molecule is Cc1csc(NN=Cc2ccccc2CN(CC(C)C)CC(C)C)n1. The van der Waals surface area contributed by atoms with Gasteiger partial charge in [0.15, 0.2) is 0 Å². The highest BCUT2D eigenvalue weighted by Crippen LogP contribution is 2.15. The van der Waals surface area contributed by atoms with E-state index in [0.717, 1.165) is 36.0 Å². The van der Waals surface area contributed by atoms with Crippen LogP contribution in [-0.2, 0) is 6.54 Å². The molecule has 2 rings (SSSR count). The number of anilines is 1. The van der Waals surface area contributed by atoms with Crippen LogP contribution in [0.15, 0.2) is 34.7 Å². The summed E-state index contributed by atoms with van der Waals surface area (Å²) in [7, 11) is 0. The van der Waals surface area contributed by atoms with E-state index in [0.29, 0.717) is 11.8 Å². The van der Waals surface area contributed by atoms with Gasteiger partial charge in [0.05, 0.1) is 11.9 Å². The van der Waals surface area contributed by atoms with Crippen LogP contribution in [0.4, 0.5) is 5.13 Å². The average molecular weight is 359 g/mol. The van der Waals surface area contributed by atoms with Gasteiger partial charge in [-0.15, -0.1) is 11.3 Å². The molecule has 136 valence electrons. The molecule has 1 heterocycles. The Kier molecular flexibility index (Phi) is 7.59. The number of aryl methyl sites for hydroxylation is 1. The Balaban J connectivity index is 2.07. The predicted octanol–water partition coefficient (Wildman–Crippen LogP) is 5.01. The number of aromatic nitrogens is 1. The highest BCUT2D eigenvalue weighted by molar-refractivity contribution is 7.13. The minimum Gasteiger partial charge on any atom is -0.299 e. The molecule has 0 amide bonds. The molecule has 5 heteroatoms. The number of nitrogens with one attached hydrogen (secondary N) is 1. The summed E-state index contributed by atoms with van der Waals surface area (Å²) in [4.78, 5) is 6.90. The molecule has 0 atom stereocenters. The van der Waals surface area contributed by atoms with Crippen LogP contribution < -0.4 is 5.43 Å². The van der Waals surface area contributed by atoms with Gasteiger partial charge in [-0.2, -0.15) is 5.10 Å². The zero-order valence-corrected chi connectivity index (χ0v) is 16.8. The molecule has 0 aliphatic carbocycles. The zero-order valence-electron chi connectivity index (χ0n) is 16.0. The van der Waals surface area contributed by atoms with Gasteiger partial charge in [0, 0.05) is 25.0 Å². The van der Waals surface area contributed by atoms with Crippen LogP contribution in [0.3, 0.4) is 0 Å². The molecule has 0 radical (unpaired) electrons. The van der Waals surface area contributed by atoms with E-state index >= 15 is 0 Å². The molecular formula is C20H30N4S. The molecule has 0 aliphatic heterocycles. The molecule has 0 fully saturated rings. The second kappa shape index (κ2) is 9.68. The second-order valence-corrected chi connectivity index (χ2v) is 8.20. The highest BCUT2D eigenvalue weighted by Gasteiger charge is 2.11. The van der Waals surface area contributed by atoms with Crippen LogP contribution in [0.25, 0.3) is 0 Å².